The molecular weight excluding hydrogens is 423 g/mol. The normalized spacial score (nSPS) is 14.6. The molecule has 3 aromatic rings. The van der Waals surface area contributed by atoms with Crippen molar-refractivity contribution in [3.8, 4) is 17.0 Å². The molecule has 2 heterocycles. The van der Waals surface area contributed by atoms with Crippen LogP contribution in [0.1, 0.15) is 39.3 Å². The third-order valence-corrected chi connectivity index (χ3v) is 5.90. The molecule has 2 aromatic carbocycles. The van der Waals surface area contributed by atoms with Crippen molar-refractivity contribution in [3.05, 3.63) is 70.2 Å². The van der Waals surface area contributed by atoms with E-state index in [-0.39, 0.29) is 51.0 Å². The Hall–Kier alpha value is -3.19. The summed E-state index contributed by atoms with van der Waals surface area (Å²) in [4.78, 5) is 27.6. The van der Waals surface area contributed by atoms with Crippen LogP contribution in [0.3, 0.4) is 0 Å². The van der Waals surface area contributed by atoms with Gasteiger partial charge in [-0.3, -0.25) is 9.59 Å². The van der Waals surface area contributed by atoms with Crippen molar-refractivity contribution in [2.24, 2.45) is 5.92 Å². The van der Waals surface area contributed by atoms with Gasteiger partial charge < -0.3 is 14.5 Å². The highest BCUT2D eigenvalue weighted by atomic mass is 35.5. The van der Waals surface area contributed by atoms with Gasteiger partial charge in [0, 0.05) is 24.6 Å². The fourth-order valence-corrected chi connectivity index (χ4v) is 4.14. The zero-order valence-electron chi connectivity index (χ0n) is 16.8. The Morgan fingerprint density at radius 1 is 1.16 bits per heavy atom. The minimum Gasteiger partial charge on any atom is -0.508 e. The van der Waals surface area contributed by atoms with Crippen molar-refractivity contribution in [1.29, 1.82) is 0 Å². The molecule has 0 unspecified atom stereocenters. The van der Waals surface area contributed by atoms with Crippen molar-refractivity contribution < 1.29 is 23.6 Å². The zero-order valence-corrected chi connectivity index (χ0v) is 17.5. The molecule has 31 heavy (non-hydrogen) atoms. The predicted molar refractivity (Wildman–Crippen MR) is 113 cm³/mol. The average molecular weight is 443 g/mol. The number of carbonyl (C=O) groups excluding carboxylic acids is 2. The van der Waals surface area contributed by atoms with Gasteiger partial charge in [0.15, 0.2) is 5.78 Å². The number of hydrogen-bond acceptors (Lipinski definition) is 5. The van der Waals surface area contributed by atoms with Crippen LogP contribution >= 0.6 is 11.6 Å². The quantitative estimate of drug-likeness (QED) is 0.582. The number of phenolic OH excluding ortho intramolecular Hbond substituents is 1. The van der Waals surface area contributed by atoms with Gasteiger partial charge in [0.2, 0.25) is 0 Å². The third kappa shape index (κ3) is 4.05. The number of likely N-dealkylation sites (tertiary alicyclic amines) is 1. The summed E-state index contributed by atoms with van der Waals surface area (Å²) in [6.07, 6.45) is 1.01. The lowest BCUT2D eigenvalue weighted by molar-refractivity contribution is 0.0649. The summed E-state index contributed by atoms with van der Waals surface area (Å²) in [5.74, 6) is -0.755. The molecule has 0 aliphatic carbocycles. The number of aromatic hydroxyl groups is 1. The molecule has 1 amide bonds. The Balaban J connectivity index is 1.52. The summed E-state index contributed by atoms with van der Waals surface area (Å²) in [6, 6.07) is 10.4. The van der Waals surface area contributed by atoms with E-state index < -0.39 is 5.82 Å². The summed E-state index contributed by atoms with van der Waals surface area (Å²) in [7, 11) is 0. The van der Waals surface area contributed by atoms with E-state index in [1.807, 2.05) is 0 Å². The van der Waals surface area contributed by atoms with Crippen molar-refractivity contribution in [2.45, 2.75) is 19.8 Å². The van der Waals surface area contributed by atoms with Crippen LogP contribution in [0.25, 0.3) is 11.3 Å². The van der Waals surface area contributed by atoms with Crippen LogP contribution in [-0.2, 0) is 0 Å². The highest BCUT2D eigenvalue weighted by Crippen LogP contribution is 2.34. The highest BCUT2D eigenvalue weighted by Gasteiger charge is 2.32. The lowest BCUT2D eigenvalue weighted by Crippen LogP contribution is -2.40. The first kappa shape index (κ1) is 21.1. The van der Waals surface area contributed by atoms with Crippen LogP contribution < -0.4 is 0 Å². The van der Waals surface area contributed by atoms with Crippen LogP contribution in [0.5, 0.6) is 5.75 Å². The first-order valence-electron chi connectivity index (χ1n) is 9.90. The van der Waals surface area contributed by atoms with Gasteiger partial charge in [-0.1, -0.05) is 22.8 Å². The van der Waals surface area contributed by atoms with Crippen molar-refractivity contribution in [1.82, 2.24) is 10.1 Å². The molecule has 1 aromatic heterocycles. The number of amides is 1. The number of phenols is 1. The molecule has 1 aliphatic rings. The fourth-order valence-electron chi connectivity index (χ4n) is 3.88. The van der Waals surface area contributed by atoms with Crippen LogP contribution in [0, 0.1) is 18.7 Å². The first-order valence-corrected chi connectivity index (χ1v) is 10.3. The number of Topliss-reactive ketones (excluding diaryl/α,β-unsaturated/α-hetero) is 1. The van der Waals surface area contributed by atoms with E-state index >= 15 is 0 Å². The fraction of sp³-hybridized carbons (Fsp3) is 0.261. The molecule has 0 bridgehead atoms. The molecule has 1 fully saturated rings. The van der Waals surface area contributed by atoms with Gasteiger partial charge in [-0.2, -0.15) is 0 Å². The van der Waals surface area contributed by atoms with Gasteiger partial charge in [0.05, 0.1) is 10.6 Å². The summed E-state index contributed by atoms with van der Waals surface area (Å²) < 4.78 is 19.6. The van der Waals surface area contributed by atoms with Gasteiger partial charge >= 0.3 is 0 Å². The molecule has 1 saturated heterocycles. The molecule has 8 heteroatoms. The summed E-state index contributed by atoms with van der Waals surface area (Å²) >= 11 is 6.16. The summed E-state index contributed by atoms with van der Waals surface area (Å²) in [5, 5.41) is 13.4. The van der Waals surface area contributed by atoms with Crippen LogP contribution in [0.4, 0.5) is 4.39 Å². The highest BCUT2D eigenvalue weighted by molar-refractivity contribution is 6.33. The maximum atomic E-state index is 14.4. The first-order chi connectivity index (χ1) is 14.9. The molecular formula is C23H20ClFN2O4. The van der Waals surface area contributed by atoms with E-state index in [4.69, 9.17) is 16.1 Å². The minimum absolute atomic E-state index is 0.00733. The molecule has 4 rings (SSSR count). The van der Waals surface area contributed by atoms with Crippen LogP contribution in [0.15, 0.2) is 47.0 Å². The average Bonchev–Trinajstić information content (AvgIpc) is 3.14. The Morgan fingerprint density at radius 2 is 1.84 bits per heavy atom. The van der Waals surface area contributed by atoms with Gasteiger partial charge in [0.25, 0.3) is 5.91 Å². The molecule has 0 saturated carbocycles. The van der Waals surface area contributed by atoms with E-state index in [1.165, 1.54) is 30.3 Å². The Kier molecular flexibility index (Phi) is 5.78. The zero-order chi connectivity index (χ0) is 22.1. The van der Waals surface area contributed by atoms with E-state index in [1.54, 1.807) is 24.0 Å². The smallest absolute Gasteiger partial charge is 0.259 e. The third-order valence-electron chi connectivity index (χ3n) is 5.58. The topological polar surface area (TPSA) is 83.6 Å². The standard InChI is InChI=1S/C23H20ClFN2O4/c1-13-19(21(26-31-13)20-17(24)3-2-4-18(20)25)23(30)27-11-9-15(10-12-27)22(29)14-5-7-16(28)8-6-14/h2-8,15,28H,9-12H2,1H3. The second kappa shape index (κ2) is 8.51. The number of halogens is 2. The van der Waals surface area contributed by atoms with E-state index in [0.29, 0.717) is 31.5 Å². The number of ketones is 1. The predicted octanol–water partition coefficient (Wildman–Crippen LogP) is 4.88. The Morgan fingerprint density at radius 3 is 2.48 bits per heavy atom. The maximum Gasteiger partial charge on any atom is 0.259 e. The lowest BCUT2D eigenvalue weighted by Gasteiger charge is -2.31. The number of nitrogens with zero attached hydrogens (tertiary/aromatic N) is 2. The van der Waals surface area contributed by atoms with Crippen molar-refractivity contribution in [2.75, 3.05) is 13.1 Å². The van der Waals surface area contributed by atoms with Gasteiger partial charge in [-0.25, -0.2) is 4.39 Å². The summed E-state index contributed by atoms with van der Waals surface area (Å²) in [6.45, 7) is 2.35. The number of rotatable bonds is 4. The molecule has 0 spiro atoms. The number of carbonyl (C=O) groups is 2. The van der Waals surface area contributed by atoms with Crippen LogP contribution in [0.2, 0.25) is 5.02 Å². The molecule has 1 N–H and O–H groups in total. The van der Waals surface area contributed by atoms with E-state index in [0.717, 1.165) is 0 Å². The molecule has 160 valence electrons. The summed E-state index contributed by atoms with van der Waals surface area (Å²) in [5.41, 5.74) is 0.818. The second-order valence-corrected chi connectivity index (χ2v) is 7.94. The Bertz CT molecular complexity index is 1110. The SMILES string of the molecule is Cc1onc(-c2c(F)cccc2Cl)c1C(=O)N1CCC(C(=O)c2ccc(O)cc2)CC1. The number of aromatic nitrogens is 1. The van der Waals surface area contributed by atoms with E-state index in [2.05, 4.69) is 5.16 Å². The van der Waals surface area contributed by atoms with Crippen molar-refractivity contribution in [3.63, 3.8) is 0 Å². The maximum absolute atomic E-state index is 14.4. The monoisotopic (exact) mass is 442 g/mol. The van der Waals surface area contributed by atoms with Crippen molar-refractivity contribution >= 4 is 23.3 Å². The minimum atomic E-state index is -0.590. The number of aryl methyl sites for hydroxylation is 1. The van der Waals surface area contributed by atoms with E-state index in [9.17, 15) is 19.1 Å². The largest absolute Gasteiger partial charge is 0.508 e. The van der Waals surface area contributed by atoms with Gasteiger partial charge in [-0.05, 0) is 56.2 Å². The number of hydrogen-bond donors (Lipinski definition) is 1. The number of benzene rings is 2. The molecule has 0 atom stereocenters. The molecule has 0 radical (unpaired) electrons. The second-order valence-electron chi connectivity index (χ2n) is 7.54. The number of piperidine rings is 1. The molecule has 6 nitrogen and oxygen atoms in total. The Labute approximate surface area is 183 Å². The van der Waals surface area contributed by atoms with Crippen LogP contribution in [-0.4, -0.2) is 39.9 Å². The van der Waals surface area contributed by atoms with Gasteiger partial charge in [0.1, 0.15) is 28.6 Å². The lowest BCUT2D eigenvalue weighted by atomic mass is 9.88. The van der Waals surface area contributed by atoms with Gasteiger partial charge in [-0.15, -0.1) is 0 Å². The molecule has 1 aliphatic heterocycles.